The zero-order valence-corrected chi connectivity index (χ0v) is 14.5. The summed E-state index contributed by atoms with van der Waals surface area (Å²) in [6.07, 6.45) is 5.34. The van der Waals surface area contributed by atoms with Crippen LogP contribution in [0.25, 0.3) is 0 Å². The molecule has 0 aliphatic heterocycles. The number of aromatic nitrogens is 2. The maximum absolute atomic E-state index is 4.51. The van der Waals surface area contributed by atoms with Gasteiger partial charge in [0.2, 0.25) is 0 Å². The molecule has 3 heteroatoms. The van der Waals surface area contributed by atoms with Crippen molar-refractivity contribution in [1.82, 2.24) is 15.1 Å². The van der Waals surface area contributed by atoms with Crippen LogP contribution in [0.15, 0.2) is 6.07 Å². The van der Waals surface area contributed by atoms with Gasteiger partial charge in [0.15, 0.2) is 0 Å². The molecule has 3 atom stereocenters. The third-order valence-electron chi connectivity index (χ3n) is 4.93. The van der Waals surface area contributed by atoms with Gasteiger partial charge in [0.25, 0.3) is 0 Å². The molecule has 2 rings (SSSR count). The Bertz CT molecular complexity index is 436. The van der Waals surface area contributed by atoms with E-state index in [1.54, 1.807) is 0 Å². The predicted octanol–water partition coefficient (Wildman–Crippen LogP) is 3.57. The monoisotopic (exact) mass is 291 g/mol. The van der Waals surface area contributed by atoms with Gasteiger partial charge in [-0.25, -0.2) is 0 Å². The molecule has 3 nitrogen and oxygen atoms in total. The van der Waals surface area contributed by atoms with Gasteiger partial charge in [-0.1, -0.05) is 27.2 Å². The molecule has 0 saturated heterocycles. The molecule has 1 aromatic rings. The lowest BCUT2D eigenvalue weighted by atomic mass is 9.72. The highest BCUT2D eigenvalue weighted by atomic mass is 15.3. The van der Waals surface area contributed by atoms with Crippen molar-refractivity contribution < 1.29 is 0 Å². The van der Waals surface area contributed by atoms with Crippen molar-refractivity contribution in [3.05, 3.63) is 17.5 Å². The Balaban J connectivity index is 1.96. The minimum Gasteiger partial charge on any atom is -0.316 e. The number of hydrogen-bond acceptors (Lipinski definition) is 2. The van der Waals surface area contributed by atoms with Crippen LogP contribution in [0.4, 0.5) is 0 Å². The van der Waals surface area contributed by atoms with Gasteiger partial charge >= 0.3 is 0 Å². The molecule has 3 unspecified atom stereocenters. The van der Waals surface area contributed by atoms with Crippen LogP contribution in [0.1, 0.15) is 51.4 Å². The van der Waals surface area contributed by atoms with E-state index in [4.69, 9.17) is 0 Å². The van der Waals surface area contributed by atoms with E-state index < -0.39 is 0 Å². The van der Waals surface area contributed by atoms with Gasteiger partial charge in [-0.15, -0.1) is 0 Å². The van der Waals surface area contributed by atoms with E-state index in [1.165, 1.54) is 37.9 Å². The molecular formula is C18H33N3. The summed E-state index contributed by atoms with van der Waals surface area (Å²) in [5.41, 5.74) is 2.55. The molecule has 0 spiro atoms. The van der Waals surface area contributed by atoms with Gasteiger partial charge in [-0.3, -0.25) is 4.68 Å². The van der Waals surface area contributed by atoms with E-state index in [9.17, 15) is 0 Å². The summed E-state index contributed by atoms with van der Waals surface area (Å²) in [5, 5.41) is 8.19. The summed E-state index contributed by atoms with van der Waals surface area (Å²) >= 11 is 0. The molecule has 1 saturated carbocycles. The van der Waals surface area contributed by atoms with Gasteiger partial charge in [-0.2, -0.15) is 5.10 Å². The Morgan fingerprint density at radius 2 is 2.10 bits per heavy atom. The SMILES string of the molecule is Cc1cc(CC2CC(C)CCC2CNCC(C)C)n(C)n1. The molecule has 1 N–H and O–H groups in total. The zero-order valence-electron chi connectivity index (χ0n) is 14.5. The van der Waals surface area contributed by atoms with Gasteiger partial charge < -0.3 is 5.32 Å². The highest BCUT2D eigenvalue weighted by molar-refractivity contribution is 5.10. The lowest BCUT2D eigenvalue weighted by Gasteiger charge is -2.35. The van der Waals surface area contributed by atoms with Crippen LogP contribution in [0, 0.1) is 30.6 Å². The summed E-state index contributed by atoms with van der Waals surface area (Å²) in [6.45, 7) is 11.4. The van der Waals surface area contributed by atoms with E-state index in [-0.39, 0.29) is 0 Å². The van der Waals surface area contributed by atoms with Crippen molar-refractivity contribution in [3.8, 4) is 0 Å². The van der Waals surface area contributed by atoms with Gasteiger partial charge in [-0.05, 0) is 69.0 Å². The Kier molecular flexibility index (Phi) is 5.86. The number of aryl methyl sites for hydroxylation is 2. The van der Waals surface area contributed by atoms with E-state index in [0.29, 0.717) is 0 Å². The first-order valence-corrected chi connectivity index (χ1v) is 8.66. The summed E-state index contributed by atoms with van der Waals surface area (Å²) in [4.78, 5) is 0. The van der Waals surface area contributed by atoms with Crippen LogP contribution in [-0.2, 0) is 13.5 Å². The molecule has 120 valence electrons. The van der Waals surface area contributed by atoms with E-state index in [0.717, 1.165) is 35.9 Å². The number of rotatable bonds is 6. The first-order chi connectivity index (χ1) is 9.95. The first kappa shape index (κ1) is 16.5. The van der Waals surface area contributed by atoms with Crippen molar-refractivity contribution in [3.63, 3.8) is 0 Å². The molecular weight excluding hydrogens is 258 g/mol. The molecule has 1 aliphatic carbocycles. The summed E-state index contributed by atoms with van der Waals surface area (Å²) in [5.74, 6) is 3.26. The third kappa shape index (κ3) is 4.84. The molecule has 0 bridgehead atoms. The Morgan fingerprint density at radius 3 is 2.71 bits per heavy atom. The minimum atomic E-state index is 0.741. The lowest BCUT2D eigenvalue weighted by molar-refractivity contribution is 0.180. The fraction of sp³-hybridized carbons (Fsp3) is 0.833. The van der Waals surface area contributed by atoms with Crippen LogP contribution in [0.2, 0.25) is 0 Å². The lowest BCUT2D eigenvalue weighted by Crippen LogP contribution is -2.35. The Morgan fingerprint density at radius 1 is 1.33 bits per heavy atom. The van der Waals surface area contributed by atoms with Crippen molar-refractivity contribution in [2.45, 2.75) is 53.4 Å². The third-order valence-corrected chi connectivity index (χ3v) is 4.93. The maximum Gasteiger partial charge on any atom is 0.0596 e. The van der Waals surface area contributed by atoms with Crippen LogP contribution in [0.5, 0.6) is 0 Å². The van der Waals surface area contributed by atoms with E-state index >= 15 is 0 Å². The van der Waals surface area contributed by atoms with E-state index in [2.05, 4.69) is 55.9 Å². The molecule has 0 amide bonds. The minimum absolute atomic E-state index is 0.741. The van der Waals surface area contributed by atoms with Gasteiger partial charge in [0, 0.05) is 12.7 Å². The number of nitrogens with one attached hydrogen (secondary N) is 1. The number of hydrogen-bond donors (Lipinski definition) is 1. The van der Waals surface area contributed by atoms with E-state index in [1.807, 2.05) is 0 Å². The van der Waals surface area contributed by atoms with Crippen LogP contribution >= 0.6 is 0 Å². The second kappa shape index (κ2) is 7.44. The smallest absolute Gasteiger partial charge is 0.0596 e. The zero-order chi connectivity index (χ0) is 15.4. The largest absolute Gasteiger partial charge is 0.316 e. The molecule has 1 aliphatic rings. The topological polar surface area (TPSA) is 29.9 Å². The van der Waals surface area contributed by atoms with Gasteiger partial charge in [0.1, 0.15) is 0 Å². The van der Waals surface area contributed by atoms with Crippen molar-refractivity contribution in [2.75, 3.05) is 13.1 Å². The predicted molar refractivity (Wildman–Crippen MR) is 89.4 cm³/mol. The molecule has 1 aromatic heterocycles. The standard InChI is InChI=1S/C18H33N3/c1-13(2)11-19-12-16-7-6-14(3)8-17(16)10-18-9-15(4)20-21(18)5/h9,13-14,16-17,19H,6-8,10-12H2,1-5H3. The summed E-state index contributed by atoms with van der Waals surface area (Å²) < 4.78 is 2.08. The number of nitrogens with zero attached hydrogens (tertiary/aromatic N) is 2. The first-order valence-electron chi connectivity index (χ1n) is 8.66. The van der Waals surface area contributed by atoms with Crippen molar-refractivity contribution >= 4 is 0 Å². The van der Waals surface area contributed by atoms with Gasteiger partial charge in [0.05, 0.1) is 5.69 Å². The second-order valence-corrected chi connectivity index (χ2v) is 7.60. The molecule has 21 heavy (non-hydrogen) atoms. The van der Waals surface area contributed by atoms with Crippen LogP contribution < -0.4 is 5.32 Å². The fourth-order valence-corrected chi connectivity index (χ4v) is 3.76. The maximum atomic E-state index is 4.51. The average molecular weight is 291 g/mol. The summed E-state index contributed by atoms with van der Waals surface area (Å²) in [7, 11) is 2.08. The normalized spacial score (nSPS) is 26.5. The molecule has 1 heterocycles. The fourth-order valence-electron chi connectivity index (χ4n) is 3.76. The average Bonchev–Trinajstić information content (AvgIpc) is 2.70. The molecule has 1 fully saturated rings. The Labute approximate surface area is 130 Å². The van der Waals surface area contributed by atoms with Crippen LogP contribution in [-0.4, -0.2) is 22.9 Å². The quantitative estimate of drug-likeness (QED) is 0.868. The van der Waals surface area contributed by atoms with Crippen molar-refractivity contribution in [2.24, 2.45) is 30.7 Å². The highest BCUT2D eigenvalue weighted by Gasteiger charge is 2.29. The second-order valence-electron chi connectivity index (χ2n) is 7.60. The van der Waals surface area contributed by atoms with Crippen LogP contribution in [0.3, 0.4) is 0 Å². The summed E-state index contributed by atoms with van der Waals surface area (Å²) in [6, 6.07) is 2.26. The highest BCUT2D eigenvalue weighted by Crippen LogP contribution is 2.35. The van der Waals surface area contributed by atoms with Crippen molar-refractivity contribution in [1.29, 1.82) is 0 Å². The molecule has 0 radical (unpaired) electrons. The Hall–Kier alpha value is -0.830. The molecule has 0 aromatic carbocycles.